The van der Waals surface area contributed by atoms with E-state index in [1.807, 2.05) is 13.8 Å². The number of nitro groups is 1. The zero-order valence-electron chi connectivity index (χ0n) is 15.4. The lowest BCUT2D eigenvalue weighted by atomic mass is 10.1. The lowest BCUT2D eigenvalue weighted by molar-refractivity contribution is -0.385. The van der Waals surface area contributed by atoms with E-state index in [1.54, 1.807) is 36.4 Å². The van der Waals surface area contributed by atoms with Crippen molar-refractivity contribution in [3.63, 3.8) is 0 Å². The maximum absolute atomic E-state index is 11.7. The van der Waals surface area contributed by atoms with Crippen molar-refractivity contribution in [2.45, 2.75) is 13.8 Å². The number of hydrogen-bond acceptors (Lipinski definition) is 7. The van der Waals surface area contributed by atoms with Gasteiger partial charge in [-0.2, -0.15) is 4.98 Å². The van der Waals surface area contributed by atoms with Gasteiger partial charge in [0, 0.05) is 16.8 Å². The van der Waals surface area contributed by atoms with Gasteiger partial charge in [-0.15, -0.1) is 0 Å². The zero-order valence-corrected chi connectivity index (χ0v) is 16.1. The second-order valence-corrected chi connectivity index (χ2v) is 6.34. The molecule has 0 aliphatic carbocycles. The van der Waals surface area contributed by atoms with Crippen LogP contribution in [0.25, 0.3) is 0 Å². The highest BCUT2D eigenvalue weighted by Gasteiger charge is 2.25. The molecule has 0 aliphatic heterocycles. The fourth-order valence-electron chi connectivity index (χ4n) is 2.61. The fraction of sp³-hybridized carbons (Fsp3) is 0.158. The van der Waals surface area contributed by atoms with Gasteiger partial charge in [-0.25, -0.2) is 4.98 Å². The largest absolute Gasteiger partial charge is 0.497 e. The van der Waals surface area contributed by atoms with Crippen LogP contribution in [0.2, 0.25) is 5.02 Å². The van der Waals surface area contributed by atoms with E-state index in [9.17, 15) is 10.1 Å². The van der Waals surface area contributed by atoms with Crippen molar-refractivity contribution in [3.05, 3.63) is 69.0 Å². The van der Waals surface area contributed by atoms with E-state index in [-0.39, 0.29) is 17.4 Å². The summed E-state index contributed by atoms with van der Waals surface area (Å²) in [6.07, 6.45) is 1.19. The SMILES string of the molecule is COc1cccc(Nc2ncnc(Oc3cc(C)c(Cl)c(C)c3)c2[N+](=O)[O-])c1. The van der Waals surface area contributed by atoms with Gasteiger partial charge in [0.15, 0.2) is 0 Å². The molecular weight excluding hydrogens is 384 g/mol. The lowest BCUT2D eigenvalue weighted by Crippen LogP contribution is -2.04. The van der Waals surface area contributed by atoms with Gasteiger partial charge in [-0.3, -0.25) is 10.1 Å². The summed E-state index contributed by atoms with van der Waals surface area (Å²) in [5.74, 6) is 0.830. The molecule has 28 heavy (non-hydrogen) atoms. The Morgan fingerprint density at radius 3 is 2.46 bits per heavy atom. The van der Waals surface area contributed by atoms with Gasteiger partial charge in [-0.1, -0.05) is 17.7 Å². The van der Waals surface area contributed by atoms with Crippen molar-refractivity contribution >= 4 is 28.8 Å². The zero-order chi connectivity index (χ0) is 20.3. The number of aromatic nitrogens is 2. The third-order valence-electron chi connectivity index (χ3n) is 3.93. The second-order valence-electron chi connectivity index (χ2n) is 5.96. The van der Waals surface area contributed by atoms with Crippen LogP contribution in [0.4, 0.5) is 17.2 Å². The molecule has 3 aromatic rings. The van der Waals surface area contributed by atoms with Gasteiger partial charge in [0.1, 0.15) is 17.8 Å². The minimum Gasteiger partial charge on any atom is -0.497 e. The predicted octanol–water partition coefficient (Wildman–Crippen LogP) is 5.20. The van der Waals surface area contributed by atoms with E-state index in [2.05, 4.69) is 15.3 Å². The molecule has 0 saturated heterocycles. The van der Waals surface area contributed by atoms with E-state index < -0.39 is 4.92 Å². The first-order chi connectivity index (χ1) is 13.4. The van der Waals surface area contributed by atoms with Crippen molar-refractivity contribution in [2.24, 2.45) is 0 Å². The average Bonchev–Trinajstić information content (AvgIpc) is 2.66. The van der Waals surface area contributed by atoms with Crippen LogP contribution >= 0.6 is 11.6 Å². The Morgan fingerprint density at radius 2 is 1.82 bits per heavy atom. The summed E-state index contributed by atoms with van der Waals surface area (Å²) in [7, 11) is 1.54. The molecule has 0 bridgehead atoms. The van der Waals surface area contributed by atoms with Crippen LogP contribution in [0.5, 0.6) is 17.4 Å². The Bertz CT molecular complexity index is 1020. The van der Waals surface area contributed by atoms with Crippen LogP contribution < -0.4 is 14.8 Å². The Hall–Kier alpha value is -3.39. The molecule has 144 valence electrons. The molecule has 8 nitrogen and oxygen atoms in total. The highest BCUT2D eigenvalue weighted by Crippen LogP contribution is 2.37. The second kappa shape index (κ2) is 8.10. The van der Waals surface area contributed by atoms with Crippen molar-refractivity contribution in [3.8, 4) is 17.4 Å². The Kier molecular flexibility index (Phi) is 5.60. The summed E-state index contributed by atoms with van der Waals surface area (Å²) in [5.41, 5.74) is 1.78. The molecule has 0 radical (unpaired) electrons. The Morgan fingerprint density at radius 1 is 1.11 bits per heavy atom. The molecular formula is C19H17ClN4O4. The molecule has 0 amide bonds. The first-order valence-corrected chi connectivity index (χ1v) is 8.62. The fourth-order valence-corrected chi connectivity index (χ4v) is 2.72. The summed E-state index contributed by atoms with van der Waals surface area (Å²) < 4.78 is 10.9. The van der Waals surface area contributed by atoms with Crippen molar-refractivity contribution in [1.82, 2.24) is 9.97 Å². The van der Waals surface area contributed by atoms with E-state index in [0.717, 1.165) is 11.1 Å². The molecule has 3 rings (SSSR count). The number of ether oxygens (including phenoxy) is 2. The minimum atomic E-state index is -0.590. The molecule has 1 heterocycles. The molecule has 1 N–H and O–H groups in total. The number of nitrogens with zero attached hydrogens (tertiary/aromatic N) is 3. The van der Waals surface area contributed by atoms with Gasteiger partial charge in [0.25, 0.3) is 0 Å². The number of methoxy groups -OCH3 is 1. The van der Waals surface area contributed by atoms with Crippen LogP contribution in [-0.2, 0) is 0 Å². The molecule has 0 saturated carbocycles. The van der Waals surface area contributed by atoms with Crippen LogP contribution in [0.15, 0.2) is 42.7 Å². The first kappa shape index (κ1) is 19.4. The van der Waals surface area contributed by atoms with Gasteiger partial charge in [0.05, 0.1) is 12.0 Å². The minimum absolute atomic E-state index is 0.00524. The van der Waals surface area contributed by atoms with E-state index >= 15 is 0 Å². The third kappa shape index (κ3) is 4.12. The third-order valence-corrected chi connectivity index (χ3v) is 4.52. The average molecular weight is 401 g/mol. The number of halogens is 1. The maximum atomic E-state index is 11.7. The quantitative estimate of drug-likeness (QED) is 0.448. The number of hydrogen-bond donors (Lipinski definition) is 1. The Labute approximate surface area is 166 Å². The highest BCUT2D eigenvalue weighted by atomic mass is 35.5. The molecule has 0 unspecified atom stereocenters. The molecule has 1 aromatic heterocycles. The molecule has 2 aromatic carbocycles. The standard InChI is InChI=1S/C19H17ClN4O4/c1-11-7-15(8-12(2)16(11)20)28-19-17(24(25)26)18(21-10-22-19)23-13-5-4-6-14(9-13)27-3/h4-10H,1-3H3,(H,21,22,23). The van der Waals surface area contributed by atoms with E-state index in [1.165, 1.54) is 13.4 Å². The van der Waals surface area contributed by atoms with Gasteiger partial charge in [0.2, 0.25) is 5.82 Å². The normalized spacial score (nSPS) is 10.4. The van der Waals surface area contributed by atoms with Crippen LogP contribution in [-0.4, -0.2) is 22.0 Å². The summed E-state index contributed by atoms with van der Waals surface area (Å²) in [6, 6.07) is 10.3. The summed E-state index contributed by atoms with van der Waals surface area (Å²) in [6.45, 7) is 3.65. The number of nitrogens with one attached hydrogen (secondary N) is 1. The smallest absolute Gasteiger partial charge is 0.373 e. The lowest BCUT2D eigenvalue weighted by Gasteiger charge is -2.11. The first-order valence-electron chi connectivity index (χ1n) is 8.24. The summed E-state index contributed by atoms with van der Waals surface area (Å²) in [4.78, 5) is 19.0. The number of benzene rings is 2. The van der Waals surface area contributed by atoms with Crippen LogP contribution in [0, 0.1) is 24.0 Å². The molecule has 0 spiro atoms. The van der Waals surface area contributed by atoms with Gasteiger partial charge >= 0.3 is 11.6 Å². The predicted molar refractivity (Wildman–Crippen MR) is 106 cm³/mol. The highest BCUT2D eigenvalue weighted by molar-refractivity contribution is 6.32. The summed E-state index contributed by atoms with van der Waals surface area (Å²) >= 11 is 6.16. The van der Waals surface area contributed by atoms with Crippen molar-refractivity contribution in [1.29, 1.82) is 0 Å². The monoisotopic (exact) mass is 400 g/mol. The van der Waals surface area contributed by atoms with Gasteiger partial charge in [-0.05, 0) is 49.2 Å². The molecule has 9 heteroatoms. The number of rotatable bonds is 6. The summed E-state index contributed by atoms with van der Waals surface area (Å²) in [5, 5.41) is 15.2. The molecule has 0 aliphatic rings. The van der Waals surface area contributed by atoms with E-state index in [4.69, 9.17) is 21.1 Å². The van der Waals surface area contributed by atoms with Crippen LogP contribution in [0.3, 0.4) is 0 Å². The number of aryl methyl sites for hydroxylation is 2. The Balaban J connectivity index is 1.99. The van der Waals surface area contributed by atoms with Gasteiger partial charge < -0.3 is 14.8 Å². The number of anilines is 2. The molecule has 0 atom stereocenters. The van der Waals surface area contributed by atoms with Crippen LogP contribution in [0.1, 0.15) is 11.1 Å². The van der Waals surface area contributed by atoms with Crippen molar-refractivity contribution in [2.75, 3.05) is 12.4 Å². The molecule has 0 fully saturated rings. The topological polar surface area (TPSA) is 99.4 Å². The van der Waals surface area contributed by atoms with E-state index in [0.29, 0.717) is 22.2 Å². The maximum Gasteiger partial charge on any atom is 0.373 e. The van der Waals surface area contributed by atoms with Crippen molar-refractivity contribution < 1.29 is 14.4 Å².